The SMILES string of the molecule is CCc1ccc2nc(N3CCN(CCNC(=O)c4ccc(Br)cc4)CC3)sc2c1. The Bertz CT molecular complexity index is 980. The van der Waals surface area contributed by atoms with Gasteiger partial charge < -0.3 is 10.2 Å². The highest BCUT2D eigenvalue weighted by molar-refractivity contribution is 9.10. The van der Waals surface area contributed by atoms with E-state index in [9.17, 15) is 4.79 Å². The Kier molecular flexibility index (Phi) is 6.47. The van der Waals surface area contributed by atoms with Crippen LogP contribution >= 0.6 is 27.3 Å². The highest BCUT2D eigenvalue weighted by atomic mass is 79.9. The molecule has 5 nitrogen and oxygen atoms in total. The van der Waals surface area contributed by atoms with Crippen LogP contribution in [-0.4, -0.2) is 55.1 Å². The van der Waals surface area contributed by atoms with Gasteiger partial charge in [-0.1, -0.05) is 40.3 Å². The number of thiazole rings is 1. The number of hydrogen-bond acceptors (Lipinski definition) is 5. The van der Waals surface area contributed by atoms with E-state index in [1.54, 1.807) is 11.3 Å². The summed E-state index contributed by atoms with van der Waals surface area (Å²) in [6.45, 7) is 7.64. The summed E-state index contributed by atoms with van der Waals surface area (Å²) < 4.78 is 2.25. The van der Waals surface area contributed by atoms with E-state index in [0.29, 0.717) is 12.1 Å². The van der Waals surface area contributed by atoms with Crippen LogP contribution in [-0.2, 0) is 6.42 Å². The molecule has 7 heteroatoms. The number of hydrogen-bond donors (Lipinski definition) is 1. The maximum atomic E-state index is 12.2. The molecular weight excluding hydrogens is 448 g/mol. The third-order valence-corrected chi connectivity index (χ3v) is 6.92. The Morgan fingerprint density at radius 3 is 2.62 bits per heavy atom. The second-order valence-electron chi connectivity index (χ2n) is 7.24. The van der Waals surface area contributed by atoms with Crippen molar-refractivity contribution in [1.29, 1.82) is 0 Å². The summed E-state index contributed by atoms with van der Waals surface area (Å²) >= 11 is 5.18. The highest BCUT2D eigenvalue weighted by Gasteiger charge is 2.20. The topological polar surface area (TPSA) is 48.5 Å². The number of piperazine rings is 1. The molecule has 1 saturated heterocycles. The predicted octanol–water partition coefficient (Wildman–Crippen LogP) is 4.17. The number of halogens is 1. The van der Waals surface area contributed by atoms with Gasteiger partial charge in [0.2, 0.25) is 0 Å². The second kappa shape index (κ2) is 9.24. The summed E-state index contributed by atoms with van der Waals surface area (Å²) in [7, 11) is 0. The second-order valence-corrected chi connectivity index (χ2v) is 9.17. The van der Waals surface area contributed by atoms with Gasteiger partial charge in [0.15, 0.2) is 5.13 Å². The van der Waals surface area contributed by atoms with Gasteiger partial charge in [-0.2, -0.15) is 0 Å². The summed E-state index contributed by atoms with van der Waals surface area (Å²) in [4.78, 5) is 21.8. The van der Waals surface area contributed by atoms with Crippen LogP contribution in [0, 0.1) is 0 Å². The van der Waals surface area contributed by atoms with Gasteiger partial charge in [-0.25, -0.2) is 4.98 Å². The fourth-order valence-corrected chi connectivity index (χ4v) is 4.85. The lowest BCUT2D eigenvalue weighted by Crippen LogP contribution is -2.48. The highest BCUT2D eigenvalue weighted by Crippen LogP contribution is 2.30. The summed E-state index contributed by atoms with van der Waals surface area (Å²) in [6.07, 6.45) is 1.06. The molecule has 0 aliphatic carbocycles. The number of anilines is 1. The summed E-state index contributed by atoms with van der Waals surface area (Å²) in [6, 6.07) is 14.0. The van der Waals surface area contributed by atoms with Gasteiger partial charge in [0.05, 0.1) is 10.2 Å². The van der Waals surface area contributed by atoms with Crippen LogP contribution in [0.2, 0.25) is 0 Å². The van der Waals surface area contributed by atoms with Gasteiger partial charge >= 0.3 is 0 Å². The number of nitrogens with one attached hydrogen (secondary N) is 1. The smallest absolute Gasteiger partial charge is 0.251 e. The average molecular weight is 473 g/mol. The molecule has 4 rings (SSSR count). The Balaban J connectivity index is 1.25. The van der Waals surface area contributed by atoms with Gasteiger partial charge in [-0.05, 0) is 48.4 Å². The minimum Gasteiger partial charge on any atom is -0.351 e. The quantitative estimate of drug-likeness (QED) is 0.584. The van der Waals surface area contributed by atoms with Crippen molar-refractivity contribution in [2.75, 3.05) is 44.2 Å². The lowest BCUT2D eigenvalue weighted by molar-refractivity contribution is 0.0948. The number of benzene rings is 2. The monoisotopic (exact) mass is 472 g/mol. The van der Waals surface area contributed by atoms with Gasteiger partial charge in [-0.15, -0.1) is 0 Å². The standard InChI is InChI=1S/C22H25BrN4OS/c1-2-16-3-8-19-20(15-16)29-22(25-19)27-13-11-26(12-14-27)10-9-24-21(28)17-4-6-18(23)7-5-17/h3-8,15H,2,9-14H2,1H3,(H,24,28). The van der Waals surface area contributed by atoms with Crippen molar-refractivity contribution < 1.29 is 4.79 Å². The number of rotatable bonds is 6. The Hall–Kier alpha value is -1.96. The molecule has 1 amide bonds. The van der Waals surface area contributed by atoms with Gasteiger partial charge in [0.1, 0.15) is 0 Å². The third-order valence-electron chi connectivity index (χ3n) is 5.31. The molecule has 2 aromatic carbocycles. The first-order chi connectivity index (χ1) is 14.1. The number of carbonyl (C=O) groups is 1. The number of carbonyl (C=O) groups excluding carboxylic acids is 1. The van der Waals surface area contributed by atoms with Crippen LogP contribution in [0.4, 0.5) is 5.13 Å². The van der Waals surface area contributed by atoms with E-state index in [4.69, 9.17) is 4.98 Å². The molecule has 0 bridgehead atoms. The molecule has 1 aliphatic rings. The first kappa shape index (κ1) is 20.3. The van der Waals surface area contributed by atoms with Crippen molar-refractivity contribution in [3.8, 4) is 0 Å². The maximum Gasteiger partial charge on any atom is 0.251 e. The lowest BCUT2D eigenvalue weighted by Gasteiger charge is -2.34. The third kappa shape index (κ3) is 4.97. The number of aromatic nitrogens is 1. The largest absolute Gasteiger partial charge is 0.351 e. The van der Waals surface area contributed by atoms with Crippen molar-refractivity contribution >= 4 is 48.5 Å². The lowest BCUT2D eigenvalue weighted by atomic mass is 10.2. The van der Waals surface area contributed by atoms with Crippen molar-refractivity contribution in [1.82, 2.24) is 15.2 Å². The molecule has 2 heterocycles. The number of aryl methyl sites for hydroxylation is 1. The fourth-order valence-electron chi connectivity index (χ4n) is 3.51. The van der Waals surface area contributed by atoms with E-state index in [1.165, 1.54) is 10.3 Å². The van der Waals surface area contributed by atoms with E-state index in [-0.39, 0.29) is 5.91 Å². The van der Waals surface area contributed by atoms with Crippen molar-refractivity contribution in [2.45, 2.75) is 13.3 Å². The first-order valence-corrected chi connectivity index (χ1v) is 11.6. The van der Waals surface area contributed by atoms with Crippen molar-refractivity contribution in [3.05, 3.63) is 58.1 Å². The minimum absolute atomic E-state index is 0.0166. The van der Waals surface area contributed by atoms with Crippen LogP contribution in [0.25, 0.3) is 10.2 Å². The van der Waals surface area contributed by atoms with E-state index in [2.05, 4.69) is 56.2 Å². The Labute approximate surface area is 183 Å². The predicted molar refractivity (Wildman–Crippen MR) is 124 cm³/mol. The molecule has 152 valence electrons. The van der Waals surface area contributed by atoms with Crippen molar-refractivity contribution in [3.63, 3.8) is 0 Å². The summed E-state index contributed by atoms with van der Waals surface area (Å²) in [5, 5.41) is 4.14. The molecule has 1 aromatic heterocycles. The van der Waals surface area contributed by atoms with E-state index < -0.39 is 0 Å². The zero-order valence-corrected chi connectivity index (χ0v) is 18.9. The van der Waals surface area contributed by atoms with Crippen molar-refractivity contribution in [2.24, 2.45) is 0 Å². The van der Waals surface area contributed by atoms with Crippen LogP contribution in [0.1, 0.15) is 22.8 Å². The normalized spacial score (nSPS) is 15.0. The molecule has 29 heavy (non-hydrogen) atoms. The molecule has 3 aromatic rings. The molecule has 0 radical (unpaired) electrons. The van der Waals surface area contributed by atoms with Crippen LogP contribution < -0.4 is 10.2 Å². The number of amides is 1. The Morgan fingerprint density at radius 1 is 1.14 bits per heavy atom. The van der Waals surface area contributed by atoms with Crippen LogP contribution in [0.15, 0.2) is 46.9 Å². The molecule has 0 atom stereocenters. The van der Waals surface area contributed by atoms with E-state index in [1.807, 2.05) is 24.3 Å². The first-order valence-electron chi connectivity index (χ1n) is 10.0. The number of nitrogens with zero attached hydrogens (tertiary/aromatic N) is 3. The van der Waals surface area contributed by atoms with Gasteiger partial charge in [0, 0.05) is 49.3 Å². The zero-order chi connectivity index (χ0) is 20.2. The Morgan fingerprint density at radius 2 is 1.90 bits per heavy atom. The molecule has 1 fully saturated rings. The number of fused-ring (bicyclic) bond motifs is 1. The van der Waals surface area contributed by atoms with Crippen LogP contribution in [0.5, 0.6) is 0 Å². The van der Waals surface area contributed by atoms with E-state index >= 15 is 0 Å². The maximum absolute atomic E-state index is 12.2. The molecular formula is C22H25BrN4OS. The average Bonchev–Trinajstić information content (AvgIpc) is 3.18. The van der Waals surface area contributed by atoms with Crippen LogP contribution in [0.3, 0.4) is 0 Å². The van der Waals surface area contributed by atoms with Gasteiger partial charge in [0.25, 0.3) is 5.91 Å². The zero-order valence-electron chi connectivity index (χ0n) is 16.5. The summed E-state index contributed by atoms with van der Waals surface area (Å²) in [5.41, 5.74) is 3.16. The van der Waals surface area contributed by atoms with Gasteiger partial charge in [-0.3, -0.25) is 9.69 Å². The fraction of sp³-hybridized carbons (Fsp3) is 0.364. The summed E-state index contributed by atoms with van der Waals surface area (Å²) in [5.74, 6) is -0.0166. The molecule has 1 aliphatic heterocycles. The molecule has 0 spiro atoms. The molecule has 1 N–H and O–H groups in total. The minimum atomic E-state index is -0.0166. The van der Waals surface area contributed by atoms with E-state index in [0.717, 1.165) is 54.3 Å². The molecule has 0 unspecified atom stereocenters. The molecule has 0 saturated carbocycles.